The minimum atomic E-state index is -0.518. The minimum Gasteiger partial charge on any atom is -0.492 e. The lowest BCUT2D eigenvalue weighted by atomic mass is 10.1. The molecule has 4 aromatic rings. The summed E-state index contributed by atoms with van der Waals surface area (Å²) < 4.78 is 7.81. The fraction of sp³-hybridized carbons (Fsp3) is 0.250. The van der Waals surface area contributed by atoms with Crippen molar-refractivity contribution in [3.63, 3.8) is 0 Å². The lowest BCUT2D eigenvalue weighted by molar-refractivity contribution is -0.115. The topological polar surface area (TPSA) is 69.0 Å². The summed E-state index contributed by atoms with van der Waals surface area (Å²) in [6.07, 6.45) is 0.925. The van der Waals surface area contributed by atoms with E-state index in [1.807, 2.05) is 73.7 Å². The minimum absolute atomic E-state index is 0.142. The van der Waals surface area contributed by atoms with Gasteiger partial charge in [0, 0.05) is 12.1 Å². The van der Waals surface area contributed by atoms with Gasteiger partial charge in [-0.1, -0.05) is 84.9 Å². The molecule has 35 heavy (non-hydrogen) atoms. The van der Waals surface area contributed by atoms with E-state index in [4.69, 9.17) is 4.74 Å². The Morgan fingerprint density at radius 1 is 1.00 bits per heavy atom. The molecular weight excluding hydrogens is 456 g/mol. The zero-order valence-corrected chi connectivity index (χ0v) is 21.1. The molecule has 1 amide bonds. The van der Waals surface area contributed by atoms with Gasteiger partial charge in [0.15, 0.2) is 11.0 Å². The fourth-order valence-corrected chi connectivity index (χ4v) is 4.92. The second-order valence-electron chi connectivity index (χ2n) is 8.15. The van der Waals surface area contributed by atoms with Crippen LogP contribution in [0, 0.1) is 6.92 Å². The first-order chi connectivity index (χ1) is 17.1. The van der Waals surface area contributed by atoms with E-state index >= 15 is 0 Å². The van der Waals surface area contributed by atoms with E-state index in [0.717, 1.165) is 35.5 Å². The summed E-state index contributed by atoms with van der Waals surface area (Å²) in [5.41, 5.74) is 3.73. The summed E-state index contributed by atoms with van der Waals surface area (Å²) in [6.45, 7) is 7.39. The second kappa shape index (κ2) is 11.7. The van der Waals surface area contributed by atoms with Gasteiger partial charge in [0.05, 0.1) is 12.3 Å². The van der Waals surface area contributed by atoms with Crippen LogP contribution in [0.5, 0.6) is 5.75 Å². The molecule has 0 radical (unpaired) electrons. The van der Waals surface area contributed by atoms with E-state index in [1.54, 1.807) is 0 Å². The molecule has 0 saturated carbocycles. The Labute approximate surface area is 210 Å². The molecule has 1 unspecified atom stereocenters. The average Bonchev–Trinajstić information content (AvgIpc) is 3.27. The van der Waals surface area contributed by atoms with Crippen molar-refractivity contribution in [1.82, 2.24) is 14.8 Å². The largest absolute Gasteiger partial charge is 0.492 e. The van der Waals surface area contributed by atoms with Gasteiger partial charge < -0.3 is 14.6 Å². The van der Waals surface area contributed by atoms with Gasteiger partial charge in [-0.25, -0.2) is 0 Å². The fourth-order valence-electron chi connectivity index (χ4n) is 3.85. The lowest BCUT2D eigenvalue weighted by Gasteiger charge is -2.19. The van der Waals surface area contributed by atoms with Crippen LogP contribution in [-0.4, -0.2) is 27.3 Å². The number of carbonyl (C=O) groups excluding carboxylic acids is 1. The van der Waals surface area contributed by atoms with Gasteiger partial charge >= 0.3 is 0 Å². The summed E-state index contributed by atoms with van der Waals surface area (Å²) >= 11 is 1.41. The first kappa shape index (κ1) is 24.5. The van der Waals surface area contributed by atoms with Crippen LogP contribution < -0.4 is 10.1 Å². The Balaban J connectivity index is 1.68. The molecule has 3 aromatic carbocycles. The SMILES string of the molecule is CCCn1c(SC(C(=O)Nc2ccccc2OCC)c2ccccc2)nnc1-c1cccc(C)c1. The van der Waals surface area contributed by atoms with Crippen LogP contribution in [-0.2, 0) is 11.3 Å². The van der Waals surface area contributed by atoms with Gasteiger partial charge in [-0.15, -0.1) is 10.2 Å². The maximum atomic E-state index is 13.6. The van der Waals surface area contributed by atoms with Crippen LogP contribution in [0.25, 0.3) is 11.4 Å². The van der Waals surface area contributed by atoms with Gasteiger partial charge in [-0.2, -0.15) is 0 Å². The highest BCUT2D eigenvalue weighted by molar-refractivity contribution is 8.00. The molecule has 4 rings (SSSR count). The molecule has 0 aliphatic rings. The summed E-state index contributed by atoms with van der Waals surface area (Å²) in [7, 11) is 0. The van der Waals surface area contributed by atoms with Crippen molar-refractivity contribution in [2.24, 2.45) is 0 Å². The van der Waals surface area contributed by atoms with Crippen molar-refractivity contribution in [3.8, 4) is 17.1 Å². The number of thioether (sulfide) groups is 1. The maximum Gasteiger partial charge on any atom is 0.242 e. The first-order valence-electron chi connectivity index (χ1n) is 11.8. The van der Waals surface area contributed by atoms with Gasteiger partial charge in [-0.05, 0) is 44.0 Å². The number of nitrogens with one attached hydrogen (secondary N) is 1. The third kappa shape index (κ3) is 5.92. The van der Waals surface area contributed by atoms with Crippen molar-refractivity contribution in [2.75, 3.05) is 11.9 Å². The molecule has 0 saturated heterocycles. The number of nitrogens with zero attached hydrogens (tertiary/aromatic N) is 3. The molecule has 1 heterocycles. The maximum absolute atomic E-state index is 13.6. The van der Waals surface area contributed by atoms with E-state index in [-0.39, 0.29) is 5.91 Å². The molecule has 6 nitrogen and oxygen atoms in total. The zero-order chi connectivity index (χ0) is 24.6. The van der Waals surface area contributed by atoms with E-state index in [1.165, 1.54) is 11.8 Å². The number of benzene rings is 3. The Kier molecular flexibility index (Phi) is 8.21. The van der Waals surface area contributed by atoms with E-state index < -0.39 is 5.25 Å². The summed E-state index contributed by atoms with van der Waals surface area (Å²) in [5, 5.41) is 12.3. The molecule has 180 valence electrons. The highest BCUT2D eigenvalue weighted by atomic mass is 32.2. The molecule has 0 aliphatic heterocycles. The Morgan fingerprint density at radius 2 is 1.77 bits per heavy atom. The monoisotopic (exact) mass is 486 g/mol. The number of hydrogen-bond donors (Lipinski definition) is 1. The van der Waals surface area contributed by atoms with Crippen LogP contribution in [0.1, 0.15) is 36.6 Å². The highest BCUT2D eigenvalue weighted by Gasteiger charge is 2.26. The predicted molar refractivity (Wildman–Crippen MR) is 142 cm³/mol. The second-order valence-corrected chi connectivity index (χ2v) is 9.23. The number of carbonyl (C=O) groups is 1. The van der Waals surface area contributed by atoms with Gasteiger partial charge in [0.2, 0.25) is 5.91 Å². The van der Waals surface area contributed by atoms with E-state index in [0.29, 0.717) is 23.2 Å². The summed E-state index contributed by atoms with van der Waals surface area (Å²) in [5.74, 6) is 1.32. The quantitative estimate of drug-likeness (QED) is 0.258. The number of amides is 1. The molecule has 0 fully saturated rings. The van der Waals surface area contributed by atoms with Gasteiger partial charge in [0.1, 0.15) is 11.0 Å². The van der Waals surface area contributed by atoms with Crippen molar-refractivity contribution < 1.29 is 9.53 Å². The molecule has 0 aliphatic carbocycles. The lowest BCUT2D eigenvalue weighted by Crippen LogP contribution is -2.20. The van der Waals surface area contributed by atoms with E-state index in [2.05, 4.69) is 46.1 Å². The number of aromatic nitrogens is 3. The molecule has 7 heteroatoms. The molecule has 1 atom stereocenters. The number of para-hydroxylation sites is 2. The third-order valence-corrected chi connectivity index (χ3v) is 6.68. The predicted octanol–water partition coefficient (Wildman–Crippen LogP) is 6.53. The zero-order valence-electron chi connectivity index (χ0n) is 20.3. The number of ether oxygens (including phenoxy) is 1. The van der Waals surface area contributed by atoms with Crippen molar-refractivity contribution in [3.05, 3.63) is 90.0 Å². The van der Waals surface area contributed by atoms with Crippen LogP contribution in [0.2, 0.25) is 0 Å². The van der Waals surface area contributed by atoms with Gasteiger partial charge in [-0.3, -0.25) is 4.79 Å². The number of aryl methyl sites for hydroxylation is 1. The first-order valence-corrected chi connectivity index (χ1v) is 12.7. The molecular formula is C28H30N4O2S. The molecule has 0 spiro atoms. The average molecular weight is 487 g/mol. The smallest absolute Gasteiger partial charge is 0.242 e. The number of anilines is 1. The molecule has 1 aromatic heterocycles. The van der Waals surface area contributed by atoms with Crippen molar-refractivity contribution in [1.29, 1.82) is 0 Å². The van der Waals surface area contributed by atoms with Crippen LogP contribution in [0.15, 0.2) is 84.0 Å². The van der Waals surface area contributed by atoms with Crippen LogP contribution >= 0.6 is 11.8 Å². The van der Waals surface area contributed by atoms with Crippen molar-refractivity contribution >= 4 is 23.4 Å². The normalized spacial score (nSPS) is 11.7. The highest BCUT2D eigenvalue weighted by Crippen LogP contribution is 2.38. The van der Waals surface area contributed by atoms with Crippen LogP contribution in [0.4, 0.5) is 5.69 Å². The third-order valence-electron chi connectivity index (χ3n) is 5.45. The standard InChI is InChI=1S/C28H30N4O2S/c1-4-18-32-26(22-15-11-12-20(3)19-22)30-31-28(32)35-25(21-13-7-6-8-14-21)27(33)29-23-16-9-10-17-24(23)34-5-2/h6-17,19,25H,4-5,18H2,1-3H3,(H,29,33). The summed E-state index contributed by atoms with van der Waals surface area (Å²) in [6, 6.07) is 25.5. The number of hydrogen-bond acceptors (Lipinski definition) is 5. The molecule has 1 N–H and O–H groups in total. The Morgan fingerprint density at radius 3 is 2.51 bits per heavy atom. The Bertz CT molecular complexity index is 1270. The Hall–Kier alpha value is -3.58. The van der Waals surface area contributed by atoms with Crippen molar-refractivity contribution in [2.45, 2.75) is 44.1 Å². The number of rotatable bonds is 10. The van der Waals surface area contributed by atoms with E-state index in [9.17, 15) is 4.79 Å². The summed E-state index contributed by atoms with van der Waals surface area (Å²) in [4.78, 5) is 13.6. The van der Waals surface area contributed by atoms with Crippen LogP contribution in [0.3, 0.4) is 0 Å². The van der Waals surface area contributed by atoms with Gasteiger partial charge in [0.25, 0.3) is 0 Å². The molecule has 0 bridgehead atoms.